The van der Waals surface area contributed by atoms with Gasteiger partial charge in [0.1, 0.15) is 6.54 Å². The highest BCUT2D eigenvalue weighted by Gasteiger charge is 2.26. The fourth-order valence-electron chi connectivity index (χ4n) is 3.42. The summed E-state index contributed by atoms with van der Waals surface area (Å²) in [6.45, 7) is 5.71. The van der Waals surface area contributed by atoms with E-state index in [1.165, 1.54) is 9.47 Å². The molecule has 10 heteroatoms. The maximum absolute atomic E-state index is 12.5. The number of H-pyrrole nitrogens is 1. The summed E-state index contributed by atoms with van der Waals surface area (Å²) in [7, 11) is 3.68. The average Bonchev–Trinajstić information content (AvgIpc) is 3.04. The van der Waals surface area contributed by atoms with E-state index in [0.29, 0.717) is 12.6 Å². The normalized spacial score (nSPS) is 15.3. The van der Waals surface area contributed by atoms with Crippen LogP contribution in [0.5, 0.6) is 0 Å². The summed E-state index contributed by atoms with van der Waals surface area (Å²) in [5.74, 6) is 0.115. The van der Waals surface area contributed by atoms with Crippen LogP contribution in [-0.2, 0) is 23.1 Å². The lowest BCUT2D eigenvalue weighted by Crippen LogP contribution is -3.12. The number of aryl methyl sites for hydroxylation is 1. The molecule has 0 atom stereocenters. The largest absolute Gasteiger partial charge is 0.464 e. The first-order valence-corrected chi connectivity index (χ1v) is 9.83. The van der Waals surface area contributed by atoms with E-state index in [1.54, 1.807) is 11.6 Å². The molecule has 1 aliphatic heterocycles. The van der Waals surface area contributed by atoms with Crippen molar-refractivity contribution in [3.8, 4) is 0 Å². The molecule has 1 fully saturated rings. The van der Waals surface area contributed by atoms with Gasteiger partial charge in [0.15, 0.2) is 11.2 Å². The summed E-state index contributed by atoms with van der Waals surface area (Å²) in [4.78, 5) is 47.2. The van der Waals surface area contributed by atoms with Crippen LogP contribution in [0.15, 0.2) is 9.59 Å². The number of quaternary nitrogens is 1. The predicted octanol–water partition coefficient (Wildman–Crippen LogP) is -1.51. The molecule has 1 aliphatic rings. The monoisotopic (exact) mass is 393 g/mol. The minimum atomic E-state index is -0.546. The summed E-state index contributed by atoms with van der Waals surface area (Å²) >= 11 is 0. The van der Waals surface area contributed by atoms with E-state index >= 15 is 0 Å². The molecule has 1 saturated heterocycles. The quantitative estimate of drug-likeness (QED) is 0.438. The van der Waals surface area contributed by atoms with Crippen LogP contribution in [0.1, 0.15) is 26.2 Å². The SMILES string of the molecule is CCCCCOC(=O)Cn1c(N2CC[NH+](C)CC2)nc2c1c(=O)[nH]c(=O)n2C. The minimum Gasteiger partial charge on any atom is -0.464 e. The Balaban J connectivity index is 1.96. The van der Waals surface area contributed by atoms with Crippen LogP contribution in [0.4, 0.5) is 5.95 Å². The second kappa shape index (κ2) is 8.59. The van der Waals surface area contributed by atoms with Gasteiger partial charge in [-0.05, 0) is 6.42 Å². The highest BCUT2D eigenvalue weighted by Crippen LogP contribution is 2.19. The summed E-state index contributed by atoms with van der Waals surface area (Å²) in [6, 6.07) is 0. The Morgan fingerprint density at radius 1 is 1.25 bits per heavy atom. The van der Waals surface area contributed by atoms with Gasteiger partial charge in [0.25, 0.3) is 5.56 Å². The van der Waals surface area contributed by atoms with E-state index in [-0.39, 0.29) is 17.7 Å². The molecule has 28 heavy (non-hydrogen) atoms. The number of hydrogen-bond acceptors (Lipinski definition) is 6. The summed E-state index contributed by atoms with van der Waals surface area (Å²) in [5, 5.41) is 0. The van der Waals surface area contributed by atoms with Crippen molar-refractivity contribution in [1.29, 1.82) is 0 Å². The molecule has 3 rings (SSSR count). The molecule has 0 radical (unpaired) electrons. The van der Waals surface area contributed by atoms with Crippen LogP contribution >= 0.6 is 0 Å². The van der Waals surface area contributed by atoms with E-state index in [0.717, 1.165) is 45.4 Å². The van der Waals surface area contributed by atoms with E-state index in [4.69, 9.17) is 4.74 Å². The molecule has 0 aliphatic carbocycles. The van der Waals surface area contributed by atoms with E-state index < -0.39 is 17.2 Å². The van der Waals surface area contributed by atoms with E-state index in [9.17, 15) is 14.4 Å². The molecule has 0 saturated carbocycles. The van der Waals surface area contributed by atoms with Gasteiger partial charge in [-0.25, -0.2) is 4.79 Å². The first-order valence-electron chi connectivity index (χ1n) is 9.83. The van der Waals surface area contributed by atoms with E-state index in [1.807, 2.05) is 0 Å². The topological polar surface area (TPSA) is 107 Å². The number of unbranched alkanes of at least 4 members (excludes halogenated alkanes) is 2. The number of imidazole rings is 1. The maximum Gasteiger partial charge on any atom is 0.329 e. The van der Waals surface area contributed by atoms with E-state index in [2.05, 4.69) is 28.8 Å². The number of nitrogens with one attached hydrogen (secondary N) is 2. The molecule has 3 heterocycles. The standard InChI is InChI=1S/C18H28N6O4/c1-4-5-6-11-28-13(25)12-24-14-15(22(3)18(27)20-16(14)26)19-17(24)23-9-7-21(2)8-10-23/h4-12H2,1-3H3,(H,20,26,27)/p+1. The molecule has 2 N–H and O–H groups in total. The number of hydrogen-bond donors (Lipinski definition) is 2. The van der Waals surface area contributed by atoms with Gasteiger partial charge in [-0.15, -0.1) is 0 Å². The maximum atomic E-state index is 12.5. The molecule has 0 bridgehead atoms. The number of esters is 1. The molecule has 0 spiro atoms. The first-order chi connectivity index (χ1) is 13.4. The first kappa shape index (κ1) is 20.1. The molecular formula is C18H29N6O4+. The third-order valence-corrected chi connectivity index (χ3v) is 5.18. The highest BCUT2D eigenvalue weighted by atomic mass is 16.5. The Morgan fingerprint density at radius 3 is 2.64 bits per heavy atom. The smallest absolute Gasteiger partial charge is 0.329 e. The highest BCUT2D eigenvalue weighted by molar-refractivity contribution is 5.78. The fourth-order valence-corrected chi connectivity index (χ4v) is 3.42. The number of fused-ring (bicyclic) bond motifs is 1. The molecule has 2 aromatic rings. The second-order valence-electron chi connectivity index (χ2n) is 7.36. The van der Waals surface area contributed by atoms with Gasteiger partial charge in [-0.2, -0.15) is 4.98 Å². The number of aromatic nitrogens is 4. The molecule has 2 aromatic heterocycles. The van der Waals surface area contributed by atoms with Gasteiger partial charge in [0.05, 0.1) is 39.8 Å². The number of rotatable bonds is 7. The molecular weight excluding hydrogens is 364 g/mol. The van der Waals surface area contributed by atoms with Gasteiger partial charge in [0.2, 0.25) is 5.95 Å². The number of carbonyl (C=O) groups is 1. The van der Waals surface area contributed by atoms with Crippen LogP contribution in [0.25, 0.3) is 11.2 Å². The molecule has 10 nitrogen and oxygen atoms in total. The van der Waals surface area contributed by atoms with Crippen molar-refractivity contribution in [2.75, 3.05) is 44.7 Å². The van der Waals surface area contributed by atoms with Crippen molar-refractivity contribution < 1.29 is 14.4 Å². The summed E-state index contributed by atoms with van der Waals surface area (Å²) in [6.07, 6.45) is 2.86. The van der Waals surface area contributed by atoms with Gasteiger partial charge in [-0.3, -0.25) is 23.7 Å². The zero-order valence-electron chi connectivity index (χ0n) is 16.8. The van der Waals surface area contributed by atoms with Crippen LogP contribution in [0.3, 0.4) is 0 Å². The third kappa shape index (κ3) is 4.11. The lowest BCUT2D eigenvalue weighted by Gasteiger charge is -2.30. The summed E-state index contributed by atoms with van der Waals surface area (Å²) < 4.78 is 8.20. The second-order valence-corrected chi connectivity index (χ2v) is 7.36. The lowest BCUT2D eigenvalue weighted by atomic mass is 10.3. The molecule has 0 aromatic carbocycles. The Hall–Kier alpha value is -2.62. The van der Waals surface area contributed by atoms with Crippen LogP contribution in [0.2, 0.25) is 0 Å². The number of carbonyl (C=O) groups excluding carboxylic acids is 1. The van der Waals surface area contributed by atoms with Crippen molar-refractivity contribution >= 4 is 23.1 Å². The number of anilines is 1. The Bertz CT molecular complexity index is 951. The zero-order chi connectivity index (χ0) is 20.3. The third-order valence-electron chi connectivity index (χ3n) is 5.18. The number of ether oxygens (including phenoxy) is 1. The predicted molar refractivity (Wildman–Crippen MR) is 105 cm³/mol. The summed E-state index contributed by atoms with van der Waals surface area (Å²) in [5.41, 5.74) is -0.586. The molecule has 0 amide bonds. The number of aromatic amines is 1. The molecule has 154 valence electrons. The van der Waals surface area contributed by atoms with Crippen LogP contribution in [0, 0.1) is 0 Å². The molecule has 0 unspecified atom stereocenters. The zero-order valence-corrected chi connectivity index (χ0v) is 16.8. The van der Waals surface area contributed by atoms with Crippen molar-refractivity contribution in [2.45, 2.75) is 32.7 Å². The van der Waals surface area contributed by atoms with Gasteiger partial charge < -0.3 is 14.5 Å². The van der Waals surface area contributed by atoms with Gasteiger partial charge in [0, 0.05) is 7.05 Å². The van der Waals surface area contributed by atoms with Crippen molar-refractivity contribution in [1.82, 2.24) is 19.1 Å². The van der Waals surface area contributed by atoms with Gasteiger partial charge in [-0.1, -0.05) is 19.8 Å². The lowest BCUT2D eigenvalue weighted by molar-refractivity contribution is -0.880. The Morgan fingerprint density at radius 2 is 1.96 bits per heavy atom. The minimum absolute atomic E-state index is 0.113. The number of piperazine rings is 1. The number of nitrogens with zero attached hydrogens (tertiary/aromatic N) is 4. The number of likely N-dealkylation sites (N-methyl/N-ethyl adjacent to an activating group) is 1. The van der Waals surface area contributed by atoms with Crippen LogP contribution in [-0.4, -0.2) is 64.9 Å². The van der Waals surface area contributed by atoms with Crippen molar-refractivity contribution in [3.05, 3.63) is 20.8 Å². The van der Waals surface area contributed by atoms with Crippen molar-refractivity contribution in [2.24, 2.45) is 7.05 Å². The van der Waals surface area contributed by atoms with Crippen molar-refractivity contribution in [3.63, 3.8) is 0 Å². The Kier molecular flexibility index (Phi) is 6.18. The Labute approximate surface area is 162 Å². The average molecular weight is 393 g/mol. The van der Waals surface area contributed by atoms with Gasteiger partial charge >= 0.3 is 11.7 Å². The van der Waals surface area contributed by atoms with Crippen LogP contribution < -0.4 is 21.0 Å². The fraction of sp³-hybridized carbons (Fsp3) is 0.667.